The monoisotopic (exact) mass is 286 g/mol. The first-order valence-electron chi connectivity index (χ1n) is 6.76. The lowest BCUT2D eigenvalue weighted by Crippen LogP contribution is -2.40. The maximum Gasteiger partial charge on any atom is 0.284 e. The average molecular weight is 286 g/mol. The van der Waals surface area contributed by atoms with Gasteiger partial charge in [0.2, 0.25) is 0 Å². The summed E-state index contributed by atoms with van der Waals surface area (Å²) >= 11 is 0. The molecule has 0 amide bonds. The van der Waals surface area contributed by atoms with Gasteiger partial charge in [0, 0.05) is 25.2 Å². The van der Waals surface area contributed by atoms with E-state index in [4.69, 9.17) is 0 Å². The maximum atomic E-state index is 9.51. The maximum absolute atomic E-state index is 9.51. The van der Waals surface area contributed by atoms with Gasteiger partial charge in [-0.3, -0.25) is 9.34 Å². The lowest BCUT2D eigenvalue weighted by Gasteiger charge is -2.33. The highest BCUT2D eigenvalue weighted by Crippen LogP contribution is 2.53. The van der Waals surface area contributed by atoms with Gasteiger partial charge in [-0.2, -0.15) is 4.79 Å². The first kappa shape index (κ1) is 16.0. The van der Waals surface area contributed by atoms with E-state index in [2.05, 4.69) is 61.5 Å². The van der Waals surface area contributed by atoms with Crippen molar-refractivity contribution in [2.45, 2.75) is 59.4 Å². The van der Waals surface area contributed by atoms with Crippen LogP contribution in [0.2, 0.25) is 19.6 Å². The smallest absolute Gasteiger partial charge is 0.284 e. The van der Waals surface area contributed by atoms with E-state index in [1.807, 2.05) is 0 Å². The van der Waals surface area contributed by atoms with E-state index in [0.29, 0.717) is 12.1 Å². The molecule has 0 aliphatic carbocycles. The van der Waals surface area contributed by atoms with Crippen LogP contribution in [0.3, 0.4) is 0 Å². The van der Waals surface area contributed by atoms with Crippen molar-refractivity contribution < 1.29 is 4.79 Å². The van der Waals surface area contributed by atoms with Crippen LogP contribution in [0.5, 0.6) is 0 Å². The molecule has 0 aromatic heterocycles. The summed E-state index contributed by atoms with van der Waals surface area (Å²) in [4.78, 5) is 3.73. The largest absolute Gasteiger partial charge is 0.362 e. The molecule has 1 heterocycles. The lowest BCUT2D eigenvalue weighted by molar-refractivity contribution is 0.00256. The summed E-state index contributed by atoms with van der Waals surface area (Å²) in [6.07, 6.45) is 0. The van der Waals surface area contributed by atoms with Crippen LogP contribution in [0.4, 0.5) is 0 Å². The van der Waals surface area contributed by atoms with Crippen LogP contribution in [-0.2, 0) is 0 Å². The van der Waals surface area contributed by atoms with Crippen LogP contribution < -0.4 is 0 Å². The van der Waals surface area contributed by atoms with Crippen molar-refractivity contribution in [3.05, 3.63) is 5.53 Å². The van der Waals surface area contributed by atoms with Crippen molar-refractivity contribution in [2.75, 3.05) is 13.1 Å². The van der Waals surface area contributed by atoms with Crippen LogP contribution in [0.1, 0.15) is 27.7 Å². The van der Waals surface area contributed by atoms with Gasteiger partial charge in [0.05, 0.1) is 0 Å². The molecular formula is C12H27N4PSi. The molecule has 0 unspecified atom stereocenters. The Morgan fingerprint density at radius 1 is 1.06 bits per heavy atom. The fourth-order valence-electron chi connectivity index (χ4n) is 2.23. The van der Waals surface area contributed by atoms with Crippen molar-refractivity contribution in [3.63, 3.8) is 0 Å². The van der Waals surface area contributed by atoms with Gasteiger partial charge in [-0.05, 0) is 27.7 Å². The second-order valence-corrected chi connectivity index (χ2v) is 13.9. The minimum Gasteiger partial charge on any atom is -0.362 e. The highest BCUT2D eigenvalue weighted by molar-refractivity contribution is 7.78. The first-order chi connectivity index (χ1) is 8.20. The predicted molar refractivity (Wildman–Crippen MR) is 82.6 cm³/mol. The number of rotatable bonds is 4. The van der Waals surface area contributed by atoms with Crippen molar-refractivity contribution >= 4 is 21.4 Å². The molecular weight excluding hydrogens is 259 g/mol. The normalized spacial score (nSPS) is 19.8. The third-order valence-corrected chi connectivity index (χ3v) is 10.0. The fraction of sp³-hybridized carbons (Fsp3) is 0.917. The highest BCUT2D eigenvalue weighted by atomic mass is 31.1. The predicted octanol–water partition coefficient (Wildman–Crippen LogP) is 3.24. The molecule has 0 atom stereocenters. The summed E-state index contributed by atoms with van der Waals surface area (Å²) in [7, 11) is -2.16. The van der Waals surface area contributed by atoms with E-state index in [1.54, 1.807) is 0 Å². The summed E-state index contributed by atoms with van der Waals surface area (Å²) in [6, 6.07) is 1.01. The molecule has 0 saturated carbocycles. The third kappa shape index (κ3) is 3.28. The van der Waals surface area contributed by atoms with Gasteiger partial charge in [-0.15, -0.1) is 0 Å². The Hall–Kier alpha value is -0.0531. The number of hydrogen-bond acceptors (Lipinski definition) is 2. The molecule has 104 valence electrons. The SMILES string of the molecule is CC(C)N1CCN(C(C)C)P1C(=[N+]=[N-])[Si](C)(C)C. The Balaban J connectivity index is 3.15. The van der Waals surface area contributed by atoms with E-state index in [-0.39, 0.29) is 0 Å². The van der Waals surface area contributed by atoms with Crippen LogP contribution >= 0.6 is 8.22 Å². The number of hydrogen-bond donors (Lipinski definition) is 0. The van der Waals surface area contributed by atoms with Crippen LogP contribution in [0.15, 0.2) is 0 Å². The van der Waals surface area contributed by atoms with Crippen molar-refractivity contribution in [1.29, 1.82) is 0 Å². The molecule has 4 nitrogen and oxygen atoms in total. The molecule has 0 radical (unpaired) electrons. The zero-order valence-electron chi connectivity index (χ0n) is 12.8. The molecule has 1 saturated heterocycles. The summed E-state index contributed by atoms with van der Waals surface area (Å²) in [5, 5.41) is 1.07. The summed E-state index contributed by atoms with van der Waals surface area (Å²) in [5.41, 5.74) is 9.51. The van der Waals surface area contributed by atoms with Crippen LogP contribution in [0.25, 0.3) is 5.53 Å². The minimum absolute atomic E-state index is 0.507. The quantitative estimate of drug-likeness (QED) is 0.262. The lowest BCUT2D eigenvalue weighted by atomic mass is 10.3. The first-order valence-corrected chi connectivity index (χ1v) is 11.5. The van der Waals surface area contributed by atoms with E-state index >= 15 is 0 Å². The molecule has 6 heteroatoms. The minimum atomic E-state index is -1.58. The van der Waals surface area contributed by atoms with Gasteiger partial charge in [0.1, 0.15) is 0 Å². The molecule has 0 bridgehead atoms. The van der Waals surface area contributed by atoms with Crippen molar-refractivity contribution in [3.8, 4) is 0 Å². The second-order valence-electron chi connectivity index (χ2n) is 6.48. The van der Waals surface area contributed by atoms with E-state index in [0.717, 1.165) is 18.2 Å². The number of nitrogens with zero attached hydrogens (tertiary/aromatic N) is 4. The third-order valence-electron chi connectivity index (χ3n) is 3.19. The van der Waals surface area contributed by atoms with Gasteiger partial charge in [-0.1, -0.05) is 19.6 Å². The molecule has 1 rings (SSSR count). The Labute approximate surface area is 114 Å². The van der Waals surface area contributed by atoms with Gasteiger partial charge in [-0.25, -0.2) is 0 Å². The Morgan fingerprint density at radius 2 is 1.44 bits per heavy atom. The Bertz CT molecular complexity index is 328. The van der Waals surface area contributed by atoms with Gasteiger partial charge >= 0.3 is 0 Å². The van der Waals surface area contributed by atoms with E-state index < -0.39 is 16.3 Å². The topological polar surface area (TPSA) is 42.9 Å². The average Bonchev–Trinajstić information content (AvgIpc) is 2.60. The highest BCUT2D eigenvalue weighted by Gasteiger charge is 2.48. The molecule has 0 N–H and O–H groups in total. The van der Waals surface area contributed by atoms with Gasteiger partial charge < -0.3 is 5.53 Å². The van der Waals surface area contributed by atoms with Gasteiger partial charge in [0.15, 0.2) is 16.3 Å². The zero-order valence-corrected chi connectivity index (χ0v) is 14.7. The molecule has 0 aromatic carbocycles. The zero-order chi connectivity index (χ0) is 14.1. The molecule has 1 aliphatic heterocycles. The van der Waals surface area contributed by atoms with Crippen molar-refractivity contribution in [2.24, 2.45) is 0 Å². The van der Waals surface area contributed by atoms with E-state index in [1.165, 1.54) is 0 Å². The molecule has 18 heavy (non-hydrogen) atoms. The molecule has 0 spiro atoms. The summed E-state index contributed by atoms with van der Waals surface area (Å²) < 4.78 is 5.03. The van der Waals surface area contributed by atoms with Crippen LogP contribution in [0, 0.1) is 0 Å². The molecule has 1 aliphatic rings. The Kier molecular flexibility index (Phi) is 5.28. The Morgan fingerprint density at radius 3 is 1.67 bits per heavy atom. The van der Waals surface area contributed by atoms with E-state index in [9.17, 15) is 5.53 Å². The van der Waals surface area contributed by atoms with Crippen LogP contribution in [-0.4, -0.2) is 52.5 Å². The summed E-state index contributed by atoms with van der Waals surface area (Å²) in [6.45, 7) is 17.9. The molecule has 0 aromatic rings. The standard InChI is InChI=1S/C12H27N4PSi/c1-10(2)15-8-9-16(11(3)4)17(15)12(14-13)18(5,6)7/h10-11H,8-9H2,1-7H3. The second kappa shape index (κ2) is 5.94. The molecule has 1 fully saturated rings. The fourth-order valence-corrected chi connectivity index (χ4v) is 7.99. The summed E-state index contributed by atoms with van der Waals surface area (Å²) in [5.74, 6) is 0. The van der Waals surface area contributed by atoms with Crippen molar-refractivity contribution in [1.82, 2.24) is 9.34 Å². The van der Waals surface area contributed by atoms with Gasteiger partial charge in [0.25, 0.3) is 5.08 Å².